The van der Waals surface area contributed by atoms with Crippen molar-refractivity contribution in [2.45, 2.75) is 6.54 Å². The topological polar surface area (TPSA) is 47.2 Å². The Balaban J connectivity index is 2.03. The summed E-state index contributed by atoms with van der Waals surface area (Å²) >= 11 is 2.26. The molecule has 0 bridgehead atoms. The maximum Gasteiger partial charge on any atom is 0.349 e. The summed E-state index contributed by atoms with van der Waals surface area (Å²) in [5.41, 5.74) is 1.71. The lowest BCUT2D eigenvalue weighted by Gasteiger charge is -2.00. The summed E-state index contributed by atoms with van der Waals surface area (Å²) in [5, 5.41) is 0. The smallest absolute Gasteiger partial charge is 0.270 e. The normalized spacial score (nSPS) is 13.4. The molecule has 0 radical (unpaired) electrons. The molecule has 0 unspecified atom stereocenters. The van der Waals surface area contributed by atoms with Gasteiger partial charge in [-0.05, 0) is 46.4 Å². The van der Waals surface area contributed by atoms with Gasteiger partial charge in [-0.25, -0.2) is 14.8 Å². The standard InChI is InChI=1S/C12H8IN3O/c13-9-3-1-8(2-4-9)10-7-16-11(15-10)5-6-14-12(16)17/h1-6H,7H2. The van der Waals surface area contributed by atoms with Gasteiger partial charge in [0.05, 0.1) is 12.3 Å². The second-order valence-electron chi connectivity index (χ2n) is 3.74. The summed E-state index contributed by atoms with van der Waals surface area (Å²) < 4.78 is 2.76. The number of aliphatic imine (C=N–C) groups is 1. The molecule has 2 heterocycles. The minimum Gasteiger partial charge on any atom is -0.270 e. The Hall–Kier alpha value is -1.50. The Morgan fingerprint density at radius 2 is 1.94 bits per heavy atom. The SMILES string of the molecule is O=c1nccc2n1CC(c1ccc(I)cc1)=N2. The van der Waals surface area contributed by atoms with Crippen LogP contribution in [-0.4, -0.2) is 15.3 Å². The van der Waals surface area contributed by atoms with Crippen molar-refractivity contribution in [3.8, 4) is 0 Å². The molecule has 0 amide bonds. The zero-order chi connectivity index (χ0) is 11.8. The van der Waals surface area contributed by atoms with Crippen LogP contribution >= 0.6 is 22.6 Å². The first-order chi connectivity index (χ1) is 8.24. The van der Waals surface area contributed by atoms with Crippen LogP contribution in [0.25, 0.3) is 0 Å². The molecule has 84 valence electrons. The van der Waals surface area contributed by atoms with E-state index in [1.54, 1.807) is 10.6 Å². The van der Waals surface area contributed by atoms with Crippen LogP contribution in [0, 0.1) is 3.57 Å². The maximum absolute atomic E-state index is 11.5. The van der Waals surface area contributed by atoms with Gasteiger partial charge in [-0.1, -0.05) is 12.1 Å². The van der Waals surface area contributed by atoms with Crippen LogP contribution in [0.3, 0.4) is 0 Å². The number of nitrogens with zero attached hydrogens (tertiary/aromatic N) is 3. The number of benzene rings is 1. The van der Waals surface area contributed by atoms with Crippen molar-refractivity contribution >= 4 is 34.1 Å². The molecule has 0 spiro atoms. The van der Waals surface area contributed by atoms with E-state index < -0.39 is 0 Å². The summed E-state index contributed by atoms with van der Waals surface area (Å²) in [7, 11) is 0. The third-order valence-corrected chi connectivity index (χ3v) is 3.37. The Morgan fingerprint density at radius 1 is 1.18 bits per heavy atom. The molecule has 0 N–H and O–H groups in total. The number of hydrogen-bond donors (Lipinski definition) is 0. The van der Waals surface area contributed by atoms with Gasteiger partial charge in [0, 0.05) is 9.77 Å². The summed E-state index contributed by atoms with van der Waals surface area (Å²) in [6, 6.07) is 9.85. The first-order valence-corrected chi connectivity index (χ1v) is 6.21. The predicted octanol–water partition coefficient (Wildman–Crippen LogP) is 1.98. The summed E-state index contributed by atoms with van der Waals surface area (Å²) in [6.07, 6.45) is 1.49. The molecule has 4 nitrogen and oxygen atoms in total. The van der Waals surface area contributed by atoms with E-state index in [0.717, 1.165) is 11.3 Å². The van der Waals surface area contributed by atoms with Gasteiger partial charge in [0.15, 0.2) is 0 Å². The van der Waals surface area contributed by atoms with E-state index in [0.29, 0.717) is 12.4 Å². The molecule has 0 aliphatic carbocycles. The monoisotopic (exact) mass is 337 g/mol. The highest BCUT2D eigenvalue weighted by molar-refractivity contribution is 14.1. The Bertz CT molecular complexity index is 658. The number of hydrogen-bond acceptors (Lipinski definition) is 3. The lowest BCUT2D eigenvalue weighted by atomic mass is 10.1. The molecule has 0 atom stereocenters. The van der Waals surface area contributed by atoms with Crippen LogP contribution in [0.1, 0.15) is 5.56 Å². The lowest BCUT2D eigenvalue weighted by Crippen LogP contribution is -2.22. The Kier molecular flexibility index (Phi) is 2.54. The largest absolute Gasteiger partial charge is 0.349 e. The highest BCUT2D eigenvalue weighted by Crippen LogP contribution is 2.19. The molecule has 1 aliphatic heterocycles. The Labute approximate surface area is 111 Å². The van der Waals surface area contributed by atoms with Crippen molar-refractivity contribution in [2.75, 3.05) is 0 Å². The minimum atomic E-state index is -0.244. The van der Waals surface area contributed by atoms with Crippen LogP contribution < -0.4 is 5.69 Å². The number of aromatic nitrogens is 2. The van der Waals surface area contributed by atoms with Gasteiger partial charge in [0.1, 0.15) is 5.82 Å². The van der Waals surface area contributed by atoms with E-state index in [4.69, 9.17) is 0 Å². The molecule has 0 saturated heterocycles. The van der Waals surface area contributed by atoms with E-state index in [1.807, 2.05) is 24.3 Å². The number of rotatable bonds is 1. The zero-order valence-electron chi connectivity index (χ0n) is 8.80. The van der Waals surface area contributed by atoms with Crippen molar-refractivity contribution in [3.05, 3.63) is 56.1 Å². The second kappa shape index (κ2) is 4.06. The Morgan fingerprint density at radius 3 is 2.65 bits per heavy atom. The molecule has 1 aromatic carbocycles. The maximum atomic E-state index is 11.5. The third kappa shape index (κ3) is 1.90. The fraction of sp³-hybridized carbons (Fsp3) is 0.0833. The van der Waals surface area contributed by atoms with Crippen molar-refractivity contribution < 1.29 is 0 Å². The van der Waals surface area contributed by atoms with E-state index in [2.05, 4.69) is 32.6 Å². The summed E-state index contributed by atoms with van der Waals surface area (Å²) in [6.45, 7) is 0.503. The molecule has 3 rings (SSSR count). The van der Waals surface area contributed by atoms with Crippen LogP contribution in [0.4, 0.5) is 5.82 Å². The molecule has 1 aromatic heterocycles. The van der Waals surface area contributed by atoms with E-state index in [9.17, 15) is 4.79 Å². The van der Waals surface area contributed by atoms with E-state index >= 15 is 0 Å². The molecule has 0 fully saturated rings. The van der Waals surface area contributed by atoms with Crippen LogP contribution in [0.5, 0.6) is 0 Å². The molecular weight excluding hydrogens is 329 g/mol. The average Bonchev–Trinajstić information content (AvgIpc) is 2.75. The van der Waals surface area contributed by atoms with Crippen molar-refractivity contribution in [2.24, 2.45) is 4.99 Å². The van der Waals surface area contributed by atoms with Gasteiger partial charge in [0.25, 0.3) is 0 Å². The van der Waals surface area contributed by atoms with E-state index in [-0.39, 0.29) is 5.69 Å². The van der Waals surface area contributed by atoms with Gasteiger partial charge >= 0.3 is 5.69 Å². The molecule has 0 saturated carbocycles. The molecule has 17 heavy (non-hydrogen) atoms. The quantitative estimate of drug-likeness (QED) is 0.747. The van der Waals surface area contributed by atoms with Gasteiger partial charge < -0.3 is 0 Å². The summed E-state index contributed by atoms with van der Waals surface area (Å²) in [4.78, 5) is 19.7. The molecule has 1 aliphatic rings. The molecule has 2 aromatic rings. The predicted molar refractivity (Wildman–Crippen MR) is 73.9 cm³/mol. The number of fused-ring (bicyclic) bond motifs is 1. The van der Waals surface area contributed by atoms with Crippen molar-refractivity contribution in [1.29, 1.82) is 0 Å². The second-order valence-corrected chi connectivity index (χ2v) is 4.98. The highest BCUT2D eigenvalue weighted by atomic mass is 127. The third-order valence-electron chi connectivity index (χ3n) is 2.65. The minimum absolute atomic E-state index is 0.244. The van der Waals surface area contributed by atoms with Crippen molar-refractivity contribution in [3.63, 3.8) is 0 Å². The highest BCUT2D eigenvalue weighted by Gasteiger charge is 2.16. The van der Waals surface area contributed by atoms with Crippen LogP contribution in [0.2, 0.25) is 0 Å². The first kappa shape index (κ1) is 10.6. The average molecular weight is 337 g/mol. The first-order valence-electron chi connectivity index (χ1n) is 5.13. The number of halogens is 1. The van der Waals surface area contributed by atoms with Gasteiger partial charge in [0.2, 0.25) is 0 Å². The fourth-order valence-corrected chi connectivity index (χ4v) is 2.15. The fourth-order valence-electron chi connectivity index (χ4n) is 1.79. The van der Waals surface area contributed by atoms with Gasteiger partial charge in [-0.2, -0.15) is 0 Å². The van der Waals surface area contributed by atoms with Gasteiger partial charge in [-0.3, -0.25) is 4.57 Å². The van der Waals surface area contributed by atoms with Crippen LogP contribution in [-0.2, 0) is 6.54 Å². The summed E-state index contributed by atoms with van der Waals surface area (Å²) in [5.74, 6) is 0.679. The van der Waals surface area contributed by atoms with Gasteiger partial charge in [-0.15, -0.1) is 0 Å². The molecular formula is C12H8IN3O. The van der Waals surface area contributed by atoms with Crippen molar-refractivity contribution in [1.82, 2.24) is 9.55 Å². The molecule has 5 heteroatoms. The van der Waals surface area contributed by atoms with E-state index in [1.165, 1.54) is 9.77 Å². The van der Waals surface area contributed by atoms with Crippen LogP contribution in [0.15, 0.2) is 46.3 Å². The lowest BCUT2D eigenvalue weighted by molar-refractivity contribution is 0.798. The zero-order valence-corrected chi connectivity index (χ0v) is 11.0.